The van der Waals surface area contributed by atoms with Gasteiger partial charge in [0.25, 0.3) is 0 Å². The molecule has 7 heteroatoms. The monoisotopic (exact) mass is 275 g/mol. The van der Waals surface area contributed by atoms with Crippen LogP contribution in [0.5, 0.6) is 5.75 Å². The average molecular weight is 275 g/mol. The Morgan fingerprint density at radius 1 is 1.32 bits per heavy atom. The molecule has 1 aliphatic heterocycles. The van der Waals surface area contributed by atoms with Crippen molar-refractivity contribution in [2.45, 2.75) is 25.4 Å². The van der Waals surface area contributed by atoms with E-state index in [0.29, 0.717) is 19.6 Å². The van der Waals surface area contributed by atoms with Gasteiger partial charge < -0.3 is 14.8 Å². The molecule has 0 aromatic heterocycles. The van der Waals surface area contributed by atoms with Crippen LogP contribution in [0, 0.1) is 0 Å². The van der Waals surface area contributed by atoms with Gasteiger partial charge in [-0.1, -0.05) is 12.1 Å². The van der Waals surface area contributed by atoms with Crippen molar-refractivity contribution in [3.05, 3.63) is 29.8 Å². The zero-order chi connectivity index (χ0) is 13.9. The van der Waals surface area contributed by atoms with Crippen LogP contribution in [0.15, 0.2) is 24.3 Å². The number of carbonyl (C=O) groups is 1. The van der Waals surface area contributed by atoms with Crippen molar-refractivity contribution in [3.63, 3.8) is 0 Å². The topological polar surface area (TPSA) is 47.6 Å². The SMILES string of the molecule is O=C1OCCC1NCc1ccc(OC(F)(F)F)cc1. The lowest BCUT2D eigenvalue weighted by molar-refractivity contribution is -0.274. The molecule has 1 aliphatic rings. The summed E-state index contributed by atoms with van der Waals surface area (Å²) < 4.78 is 44.4. The Kier molecular flexibility index (Phi) is 3.94. The molecule has 0 amide bonds. The Hall–Kier alpha value is -1.76. The molecule has 1 saturated heterocycles. The summed E-state index contributed by atoms with van der Waals surface area (Å²) in [5, 5.41) is 2.98. The van der Waals surface area contributed by atoms with Gasteiger partial charge in [-0.05, 0) is 17.7 Å². The zero-order valence-electron chi connectivity index (χ0n) is 9.87. The summed E-state index contributed by atoms with van der Waals surface area (Å²) in [5.41, 5.74) is 0.759. The van der Waals surface area contributed by atoms with Crippen LogP contribution in [0.4, 0.5) is 13.2 Å². The van der Waals surface area contributed by atoms with Crippen LogP contribution < -0.4 is 10.1 Å². The van der Waals surface area contributed by atoms with Crippen molar-refractivity contribution in [3.8, 4) is 5.75 Å². The number of halogens is 3. The van der Waals surface area contributed by atoms with Crippen molar-refractivity contribution in [1.82, 2.24) is 5.32 Å². The van der Waals surface area contributed by atoms with Crippen LogP contribution in [0.25, 0.3) is 0 Å². The first-order valence-electron chi connectivity index (χ1n) is 5.69. The van der Waals surface area contributed by atoms with E-state index >= 15 is 0 Å². The standard InChI is InChI=1S/C12H12F3NO3/c13-12(14,15)19-9-3-1-8(2-4-9)7-16-10-5-6-18-11(10)17/h1-4,10,16H,5-7H2. The third kappa shape index (κ3) is 4.13. The highest BCUT2D eigenvalue weighted by Crippen LogP contribution is 2.22. The van der Waals surface area contributed by atoms with Gasteiger partial charge in [-0.3, -0.25) is 4.79 Å². The summed E-state index contributed by atoms with van der Waals surface area (Å²) >= 11 is 0. The molecule has 1 aromatic carbocycles. The zero-order valence-corrected chi connectivity index (χ0v) is 9.87. The van der Waals surface area contributed by atoms with Crippen molar-refractivity contribution in [2.24, 2.45) is 0 Å². The summed E-state index contributed by atoms with van der Waals surface area (Å²) in [5.74, 6) is -0.562. The Bertz CT molecular complexity index is 445. The van der Waals surface area contributed by atoms with Crippen LogP contribution in [0.2, 0.25) is 0 Å². The van der Waals surface area contributed by atoms with Gasteiger partial charge in [0.2, 0.25) is 0 Å². The molecule has 4 nitrogen and oxygen atoms in total. The van der Waals surface area contributed by atoms with E-state index < -0.39 is 6.36 Å². The molecule has 1 fully saturated rings. The summed E-state index contributed by atoms with van der Waals surface area (Å²) in [7, 11) is 0. The molecule has 1 unspecified atom stereocenters. The third-order valence-corrected chi connectivity index (χ3v) is 2.64. The van der Waals surface area contributed by atoms with E-state index in [2.05, 4.69) is 10.1 Å². The molecule has 0 saturated carbocycles. The molecule has 0 aliphatic carbocycles. The van der Waals surface area contributed by atoms with Gasteiger partial charge >= 0.3 is 12.3 Å². The van der Waals surface area contributed by atoms with E-state index in [4.69, 9.17) is 4.74 Å². The maximum Gasteiger partial charge on any atom is 0.573 e. The number of hydrogen-bond donors (Lipinski definition) is 1. The Morgan fingerprint density at radius 3 is 2.53 bits per heavy atom. The highest BCUT2D eigenvalue weighted by atomic mass is 19.4. The normalized spacial score (nSPS) is 19.3. The van der Waals surface area contributed by atoms with Gasteiger partial charge in [0.15, 0.2) is 0 Å². The molecule has 2 rings (SSSR count). The fourth-order valence-corrected chi connectivity index (χ4v) is 1.73. The van der Waals surface area contributed by atoms with Crippen LogP contribution in [-0.4, -0.2) is 25.0 Å². The van der Waals surface area contributed by atoms with E-state index in [1.54, 1.807) is 0 Å². The number of nitrogens with one attached hydrogen (secondary N) is 1. The van der Waals surface area contributed by atoms with E-state index in [9.17, 15) is 18.0 Å². The summed E-state index contributed by atoms with van der Waals surface area (Å²) in [6, 6.07) is 5.14. The molecule has 19 heavy (non-hydrogen) atoms. The van der Waals surface area contributed by atoms with Crippen LogP contribution in [0.1, 0.15) is 12.0 Å². The summed E-state index contributed by atoms with van der Waals surface area (Å²) in [6.07, 6.45) is -4.08. The molecule has 0 bridgehead atoms. The Balaban J connectivity index is 1.86. The van der Waals surface area contributed by atoms with Gasteiger partial charge in [0.05, 0.1) is 6.61 Å². The molecular formula is C12H12F3NO3. The van der Waals surface area contributed by atoms with Crippen molar-refractivity contribution >= 4 is 5.97 Å². The minimum Gasteiger partial charge on any atom is -0.464 e. The molecule has 1 aromatic rings. The lowest BCUT2D eigenvalue weighted by Crippen LogP contribution is -2.32. The lowest BCUT2D eigenvalue weighted by atomic mass is 10.2. The smallest absolute Gasteiger partial charge is 0.464 e. The number of cyclic esters (lactones) is 1. The molecule has 0 radical (unpaired) electrons. The minimum absolute atomic E-state index is 0.267. The lowest BCUT2D eigenvalue weighted by Gasteiger charge is -2.11. The second-order valence-electron chi connectivity index (χ2n) is 4.08. The molecule has 0 spiro atoms. The molecule has 1 atom stereocenters. The molecule has 104 valence electrons. The second kappa shape index (κ2) is 5.48. The Morgan fingerprint density at radius 2 is 2.00 bits per heavy atom. The van der Waals surface area contributed by atoms with Gasteiger partial charge in [-0.2, -0.15) is 0 Å². The van der Waals surface area contributed by atoms with Gasteiger partial charge in [-0.25, -0.2) is 0 Å². The van der Waals surface area contributed by atoms with Gasteiger partial charge in [0, 0.05) is 13.0 Å². The summed E-state index contributed by atoms with van der Waals surface area (Å²) in [6.45, 7) is 0.779. The quantitative estimate of drug-likeness (QED) is 0.854. The molecule has 1 heterocycles. The maximum absolute atomic E-state index is 12.0. The van der Waals surface area contributed by atoms with Crippen molar-refractivity contribution < 1.29 is 27.4 Å². The minimum atomic E-state index is -4.69. The van der Waals surface area contributed by atoms with Crippen molar-refractivity contribution in [2.75, 3.05) is 6.61 Å². The van der Waals surface area contributed by atoms with Crippen LogP contribution >= 0.6 is 0 Å². The molecular weight excluding hydrogens is 263 g/mol. The number of alkyl halides is 3. The first-order chi connectivity index (χ1) is 8.94. The summed E-state index contributed by atoms with van der Waals surface area (Å²) in [4.78, 5) is 11.2. The predicted molar refractivity (Wildman–Crippen MR) is 59.3 cm³/mol. The number of esters is 1. The second-order valence-corrected chi connectivity index (χ2v) is 4.08. The van der Waals surface area contributed by atoms with Gasteiger partial charge in [0.1, 0.15) is 11.8 Å². The third-order valence-electron chi connectivity index (χ3n) is 2.64. The highest BCUT2D eigenvalue weighted by Gasteiger charge is 2.31. The van der Waals surface area contributed by atoms with Crippen LogP contribution in [-0.2, 0) is 16.1 Å². The van der Waals surface area contributed by atoms with Crippen LogP contribution in [0.3, 0.4) is 0 Å². The van der Waals surface area contributed by atoms with E-state index in [1.807, 2.05) is 0 Å². The van der Waals surface area contributed by atoms with E-state index in [1.165, 1.54) is 24.3 Å². The number of hydrogen-bond acceptors (Lipinski definition) is 4. The number of rotatable bonds is 4. The predicted octanol–water partition coefficient (Wildman–Crippen LogP) is 1.99. The number of benzene rings is 1. The largest absolute Gasteiger partial charge is 0.573 e. The number of carbonyl (C=O) groups excluding carboxylic acids is 1. The first-order valence-corrected chi connectivity index (χ1v) is 5.69. The number of ether oxygens (including phenoxy) is 2. The van der Waals surface area contributed by atoms with E-state index in [-0.39, 0.29) is 17.8 Å². The fourth-order valence-electron chi connectivity index (χ4n) is 1.73. The maximum atomic E-state index is 12.0. The fraction of sp³-hybridized carbons (Fsp3) is 0.417. The van der Waals surface area contributed by atoms with Crippen molar-refractivity contribution in [1.29, 1.82) is 0 Å². The van der Waals surface area contributed by atoms with E-state index in [0.717, 1.165) is 5.56 Å². The Labute approximate surface area is 107 Å². The average Bonchev–Trinajstić information content (AvgIpc) is 2.72. The molecule has 1 N–H and O–H groups in total. The van der Waals surface area contributed by atoms with Gasteiger partial charge in [-0.15, -0.1) is 13.2 Å². The first kappa shape index (κ1) is 13.7. The highest BCUT2D eigenvalue weighted by molar-refractivity contribution is 5.77.